The summed E-state index contributed by atoms with van der Waals surface area (Å²) in [5.41, 5.74) is 2.29. The number of nitrogens with zero attached hydrogens (tertiary/aromatic N) is 1. The molecule has 0 saturated carbocycles. The number of hydrogen-bond acceptors (Lipinski definition) is 1. The van der Waals surface area contributed by atoms with Gasteiger partial charge in [0.25, 0.3) is 0 Å². The number of allylic oxidation sites excluding steroid dienone is 1. The summed E-state index contributed by atoms with van der Waals surface area (Å²) in [6.45, 7) is 6.52. The van der Waals surface area contributed by atoms with Crippen LogP contribution in [0.2, 0.25) is 0 Å². The monoisotopic (exact) mass is 215 g/mol. The van der Waals surface area contributed by atoms with E-state index in [2.05, 4.69) is 6.58 Å². The van der Waals surface area contributed by atoms with Crippen molar-refractivity contribution in [3.63, 3.8) is 0 Å². The SMILES string of the molecule is C=C(C)Cn1ccc2ccc(C(=O)O)cc21. The minimum absolute atomic E-state index is 0.314. The number of aromatic nitrogens is 1. The molecule has 3 nitrogen and oxygen atoms in total. The minimum Gasteiger partial charge on any atom is -0.478 e. The predicted octanol–water partition coefficient (Wildman–Crippen LogP) is 2.92. The van der Waals surface area contributed by atoms with E-state index in [1.165, 1.54) is 0 Å². The van der Waals surface area contributed by atoms with Gasteiger partial charge in [0, 0.05) is 18.3 Å². The second kappa shape index (κ2) is 3.85. The zero-order valence-electron chi connectivity index (χ0n) is 9.10. The van der Waals surface area contributed by atoms with Gasteiger partial charge in [-0.25, -0.2) is 4.79 Å². The van der Waals surface area contributed by atoms with Gasteiger partial charge in [0.15, 0.2) is 0 Å². The van der Waals surface area contributed by atoms with E-state index >= 15 is 0 Å². The summed E-state index contributed by atoms with van der Waals surface area (Å²) < 4.78 is 2.00. The lowest BCUT2D eigenvalue weighted by Gasteiger charge is -2.05. The summed E-state index contributed by atoms with van der Waals surface area (Å²) in [5.74, 6) is -0.898. The molecule has 1 aromatic carbocycles. The molecule has 1 N–H and O–H groups in total. The molecule has 82 valence electrons. The highest BCUT2D eigenvalue weighted by Gasteiger charge is 2.06. The molecule has 0 spiro atoms. The molecule has 0 unspecified atom stereocenters. The highest BCUT2D eigenvalue weighted by atomic mass is 16.4. The predicted molar refractivity (Wildman–Crippen MR) is 63.7 cm³/mol. The molecule has 0 saturated heterocycles. The van der Waals surface area contributed by atoms with Gasteiger partial charge in [0.05, 0.1) is 5.56 Å². The third-order valence-corrected chi connectivity index (χ3v) is 2.46. The van der Waals surface area contributed by atoms with Crippen LogP contribution >= 0.6 is 0 Å². The molecule has 0 atom stereocenters. The fourth-order valence-electron chi connectivity index (χ4n) is 1.75. The maximum absolute atomic E-state index is 10.9. The van der Waals surface area contributed by atoms with Crippen molar-refractivity contribution < 1.29 is 9.90 Å². The number of rotatable bonds is 3. The minimum atomic E-state index is -0.898. The van der Waals surface area contributed by atoms with Crippen LogP contribution in [0, 0.1) is 0 Å². The quantitative estimate of drug-likeness (QED) is 0.800. The number of aromatic carboxylic acids is 1. The Morgan fingerprint density at radius 3 is 2.81 bits per heavy atom. The van der Waals surface area contributed by atoms with E-state index in [0.717, 1.165) is 16.5 Å². The van der Waals surface area contributed by atoms with Gasteiger partial charge in [-0.1, -0.05) is 18.2 Å². The van der Waals surface area contributed by atoms with E-state index in [1.807, 2.05) is 29.8 Å². The number of fused-ring (bicyclic) bond motifs is 1. The van der Waals surface area contributed by atoms with Crippen LogP contribution in [0.25, 0.3) is 10.9 Å². The summed E-state index contributed by atoms with van der Waals surface area (Å²) in [5, 5.41) is 9.98. The number of hydrogen-bond donors (Lipinski definition) is 1. The molecule has 2 rings (SSSR count). The second-order valence-corrected chi connectivity index (χ2v) is 3.98. The van der Waals surface area contributed by atoms with Crippen LogP contribution in [-0.2, 0) is 6.54 Å². The summed E-state index contributed by atoms with van der Waals surface area (Å²) >= 11 is 0. The van der Waals surface area contributed by atoms with Crippen molar-refractivity contribution in [2.75, 3.05) is 0 Å². The second-order valence-electron chi connectivity index (χ2n) is 3.98. The summed E-state index contributed by atoms with van der Waals surface area (Å²) in [4.78, 5) is 10.9. The van der Waals surface area contributed by atoms with Crippen LogP contribution in [0.3, 0.4) is 0 Å². The highest BCUT2D eigenvalue weighted by molar-refractivity contribution is 5.93. The fraction of sp³-hybridized carbons (Fsp3) is 0.154. The van der Waals surface area contributed by atoms with Crippen molar-refractivity contribution in [3.05, 3.63) is 48.2 Å². The molecule has 0 bridgehead atoms. The van der Waals surface area contributed by atoms with Gasteiger partial charge in [-0.2, -0.15) is 0 Å². The first-order chi connectivity index (χ1) is 7.58. The van der Waals surface area contributed by atoms with Gasteiger partial charge in [-0.3, -0.25) is 0 Å². The first-order valence-electron chi connectivity index (χ1n) is 5.04. The van der Waals surface area contributed by atoms with Gasteiger partial charge in [-0.05, 0) is 30.5 Å². The van der Waals surface area contributed by atoms with Gasteiger partial charge in [0.2, 0.25) is 0 Å². The smallest absolute Gasteiger partial charge is 0.335 e. The van der Waals surface area contributed by atoms with Gasteiger partial charge in [0.1, 0.15) is 0 Å². The Hall–Kier alpha value is -2.03. The lowest BCUT2D eigenvalue weighted by Crippen LogP contribution is -1.99. The van der Waals surface area contributed by atoms with Crippen molar-refractivity contribution in [3.8, 4) is 0 Å². The molecule has 0 fully saturated rings. The van der Waals surface area contributed by atoms with Crippen molar-refractivity contribution in [1.29, 1.82) is 0 Å². The molecule has 0 aliphatic carbocycles. The summed E-state index contributed by atoms with van der Waals surface area (Å²) in [6, 6.07) is 7.12. The first kappa shape index (κ1) is 10.5. The Balaban J connectivity index is 2.55. The summed E-state index contributed by atoms with van der Waals surface area (Å²) in [6.07, 6.45) is 1.95. The third-order valence-electron chi connectivity index (χ3n) is 2.46. The Morgan fingerprint density at radius 2 is 2.19 bits per heavy atom. The van der Waals surface area contributed by atoms with Crippen LogP contribution in [0.15, 0.2) is 42.6 Å². The van der Waals surface area contributed by atoms with Crippen LogP contribution < -0.4 is 0 Å². The number of carbonyl (C=O) groups is 1. The molecule has 0 radical (unpaired) electrons. The lowest BCUT2D eigenvalue weighted by molar-refractivity contribution is 0.0697. The standard InChI is InChI=1S/C13H13NO2/c1-9(2)8-14-6-5-10-3-4-11(13(15)16)7-12(10)14/h3-7H,1,8H2,2H3,(H,15,16). The molecular weight excluding hydrogens is 202 g/mol. The maximum Gasteiger partial charge on any atom is 0.335 e. The molecular formula is C13H13NO2. The van der Waals surface area contributed by atoms with Crippen LogP contribution in [-0.4, -0.2) is 15.6 Å². The molecule has 1 aromatic heterocycles. The van der Waals surface area contributed by atoms with Crippen molar-refractivity contribution in [2.45, 2.75) is 13.5 Å². The molecule has 1 heterocycles. The van der Waals surface area contributed by atoms with E-state index in [4.69, 9.17) is 5.11 Å². The van der Waals surface area contributed by atoms with Crippen LogP contribution in [0.4, 0.5) is 0 Å². The van der Waals surface area contributed by atoms with Gasteiger partial charge in [-0.15, -0.1) is 0 Å². The average Bonchev–Trinajstić information content (AvgIpc) is 2.60. The number of benzene rings is 1. The molecule has 0 aliphatic rings. The van der Waals surface area contributed by atoms with Crippen LogP contribution in [0.5, 0.6) is 0 Å². The van der Waals surface area contributed by atoms with Crippen molar-refractivity contribution in [1.82, 2.24) is 4.57 Å². The molecule has 0 amide bonds. The average molecular weight is 215 g/mol. The Kier molecular flexibility index (Phi) is 2.52. The molecule has 16 heavy (non-hydrogen) atoms. The Morgan fingerprint density at radius 1 is 1.44 bits per heavy atom. The fourth-order valence-corrected chi connectivity index (χ4v) is 1.75. The Labute approximate surface area is 93.6 Å². The molecule has 0 aliphatic heterocycles. The van der Waals surface area contributed by atoms with Gasteiger partial charge >= 0.3 is 5.97 Å². The normalized spacial score (nSPS) is 10.6. The van der Waals surface area contributed by atoms with E-state index < -0.39 is 5.97 Å². The Bertz CT molecular complexity index is 566. The molecule has 2 aromatic rings. The topological polar surface area (TPSA) is 42.2 Å². The van der Waals surface area contributed by atoms with E-state index in [0.29, 0.717) is 12.1 Å². The van der Waals surface area contributed by atoms with E-state index in [1.54, 1.807) is 12.1 Å². The number of carboxylic acids is 1. The number of carboxylic acid groups (broad SMARTS) is 1. The first-order valence-corrected chi connectivity index (χ1v) is 5.04. The van der Waals surface area contributed by atoms with E-state index in [-0.39, 0.29) is 0 Å². The zero-order valence-corrected chi connectivity index (χ0v) is 9.10. The zero-order chi connectivity index (χ0) is 11.7. The molecule has 3 heteroatoms. The van der Waals surface area contributed by atoms with Gasteiger partial charge < -0.3 is 9.67 Å². The third kappa shape index (κ3) is 1.84. The lowest BCUT2D eigenvalue weighted by atomic mass is 10.1. The maximum atomic E-state index is 10.9. The van der Waals surface area contributed by atoms with Crippen LogP contribution in [0.1, 0.15) is 17.3 Å². The van der Waals surface area contributed by atoms with E-state index in [9.17, 15) is 4.79 Å². The highest BCUT2D eigenvalue weighted by Crippen LogP contribution is 2.18. The van der Waals surface area contributed by atoms with Crippen molar-refractivity contribution in [2.24, 2.45) is 0 Å². The largest absolute Gasteiger partial charge is 0.478 e. The van der Waals surface area contributed by atoms with Crippen molar-refractivity contribution >= 4 is 16.9 Å². The summed E-state index contributed by atoms with van der Waals surface area (Å²) in [7, 11) is 0.